The monoisotopic (exact) mass is 289 g/mol. The average Bonchev–Trinajstić information content (AvgIpc) is 2.59. The summed E-state index contributed by atoms with van der Waals surface area (Å²) in [5.74, 6) is 0.206. The van der Waals surface area contributed by atoms with Gasteiger partial charge in [-0.15, -0.1) is 0 Å². The van der Waals surface area contributed by atoms with Crippen LogP contribution in [0.2, 0.25) is 0 Å². The number of carbonyl (C=O) groups excluding carboxylic acids is 1. The highest BCUT2D eigenvalue weighted by atomic mass is 16.2. The van der Waals surface area contributed by atoms with Crippen LogP contribution in [0, 0.1) is 6.92 Å². The number of nitrogens with zero attached hydrogens (tertiary/aromatic N) is 2. The summed E-state index contributed by atoms with van der Waals surface area (Å²) in [5, 5.41) is 3.44. The molecule has 0 bridgehead atoms. The van der Waals surface area contributed by atoms with Crippen molar-refractivity contribution in [3.63, 3.8) is 0 Å². The van der Waals surface area contributed by atoms with Crippen LogP contribution in [-0.2, 0) is 11.3 Å². The minimum absolute atomic E-state index is 0.206. The van der Waals surface area contributed by atoms with Gasteiger partial charge in [0.1, 0.15) is 0 Å². The summed E-state index contributed by atoms with van der Waals surface area (Å²) in [7, 11) is 1.89. The second-order valence-electron chi connectivity index (χ2n) is 6.25. The Morgan fingerprint density at radius 3 is 2.71 bits per heavy atom. The van der Waals surface area contributed by atoms with Crippen LogP contribution in [0.1, 0.15) is 31.4 Å². The lowest BCUT2D eigenvalue weighted by Gasteiger charge is -2.24. The fourth-order valence-corrected chi connectivity index (χ4v) is 2.70. The van der Waals surface area contributed by atoms with Crippen molar-refractivity contribution in [2.45, 2.75) is 39.8 Å². The molecular weight excluding hydrogens is 262 g/mol. The molecule has 1 N–H and O–H groups in total. The lowest BCUT2D eigenvalue weighted by atomic mass is 10.1. The smallest absolute Gasteiger partial charge is 0.241 e. The molecule has 1 saturated heterocycles. The zero-order valence-corrected chi connectivity index (χ0v) is 13.6. The number of likely N-dealkylation sites (N-methyl/N-ethyl adjacent to an activating group) is 1. The van der Waals surface area contributed by atoms with Crippen LogP contribution in [0.5, 0.6) is 0 Å². The second-order valence-corrected chi connectivity index (χ2v) is 6.25. The Kier molecular flexibility index (Phi) is 5.23. The molecule has 0 aromatic heterocycles. The van der Waals surface area contributed by atoms with Gasteiger partial charge in [0.05, 0.1) is 6.54 Å². The van der Waals surface area contributed by atoms with Crippen LogP contribution in [-0.4, -0.2) is 43.5 Å². The molecule has 0 aliphatic carbocycles. The van der Waals surface area contributed by atoms with E-state index in [4.69, 9.17) is 0 Å². The molecule has 1 fully saturated rings. The lowest BCUT2D eigenvalue weighted by molar-refractivity contribution is -0.127. The number of carbonyl (C=O) groups is 1. The normalized spacial score (nSPS) is 16.5. The maximum absolute atomic E-state index is 12.0. The number of benzene rings is 1. The van der Waals surface area contributed by atoms with Crippen LogP contribution in [0.15, 0.2) is 18.2 Å². The second kappa shape index (κ2) is 6.94. The molecule has 0 radical (unpaired) electrons. The van der Waals surface area contributed by atoms with E-state index in [-0.39, 0.29) is 5.91 Å². The summed E-state index contributed by atoms with van der Waals surface area (Å²) < 4.78 is 0. The van der Waals surface area contributed by atoms with Gasteiger partial charge in [-0.1, -0.05) is 26.0 Å². The molecule has 116 valence electrons. The fourth-order valence-electron chi connectivity index (χ4n) is 2.70. The third-order valence-corrected chi connectivity index (χ3v) is 3.99. The van der Waals surface area contributed by atoms with Crippen molar-refractivity contribution < 1.29 is 4.79 Å². The molecular formula is C17H27N3O. The summed E-state index contributed by atoms with van der Waals surface area (Å²) in [6.07, 6.45) is 1.03. The third-order valence-electron chi connectivity index (χ3n) is 3.99. The van der Waals surface area contributed by atoms with E-state index >= 15 is 0 Å². The summed E-state index contributed by atoms with van der Waals surface area (Å²) in [5.41, 5.74) is 3.73. The van der Waals surface area contributed by atoms with Gasteiger partial charge in [-0.3, -0.25) is 4.79 Å². The number of nitrogens with one attached hydrogen (secondary N) is 1. The highest BCUT2D eigenvalue weighted by Gasteiger charge is 2.20. The highest BCUT2D eigenvalue weighted by molar-refractivity contribution is 5.82. The highest BCUT2D eigenvalue weighted by Crippen LogP contribution is 2.23. The van der Waals surface area contributed by atoms with Crippen molar-refractivity contribution in [2.24, 2.45) is 0 Å². The maximum Gasteiger partial charge on any atom is 0.241 e. The van der Waals surface area contributed by atoms with E-state index < -0.39 is 0 Å². The molecule has 0 unspecified atom stereocenters. The van der Waals surface area contributed by atoms with E-state index in [1.165, 1.54) is 16.8 Å². The fraction of sp³-hybridized carbons (Fsp3) is 0.588. The van der Waals surface area contributed by atoms with Crippen molar-refractivity contribution in [1.82, 2.24) is 10.2 Å². The molecule has 1 aromatic carbocycles. The first-order valence-electron chi connectivity index (χ1n) is 7.79. The van der Waals surface area contributed by atoms with Crippen molar-refractivity contribution in [3.05, 3.63) is 29.3 Å². The molecule has 0 saturated carbocycles. The van der Waals surface area contributed by atoms with Gasteiger partial charge < -0.3 is 15.1 Å². The Hall–Kier alpha value is -1.55. The molecule has 1 aliphatic heterocycles. The van der Waals surface area contributed by atoms with Crippen LogP contribution in [0.3, 0.4) is 0 Å². The van der Waals surface area contributed by atoms with Crippen LogP contribution >= 0.6 is 0 Å². The van der Waals surface area contributed by atoms with Crippen LogP contribution < -0.4 is 10.2 Å². The molecule has 1 aliphatic rings. The van der Waals surface area contributed by atoms with Crippen molar-refractivity contribution in [1.29, 1.82) is 0 Å². The largest absolute Gasteiger partial charge is 0.362 e. The van der Waals surface area contributed by atoms with E-state index in [0.29, 0.717) is 12.6 Å². The minimum Gasteiger partial charge on any atom is -0.362 e. The van der Waals surface area contributed by atoms with E-state index in [2.05, 4.69) is 49.2 Å². The zero-order chi connectivity index (χ0) is 15.4. The van der Waals surface area contributed by atoms with E-state index in [0.717, 1.165) is 26.1 Å². The summed E-state index contributed by atoms with van der Waals surface area (Å²) in [6.45, 7) is 9.61. The van der Waals surface area contributed by atoms with Gasteiger partial charge in [0.2, 0.25) is 5.91 Å². The topological polar surface area (TPSA) is 35.6 Å². The molecule has 0 atom stereocenters. The number of hydrogen-bond donors (Lipinski definition) is 1. The number of rotatable bonds is 4. The van der Waals surface area contributed by atoms with Crippen molar-refractivity contribution >= 4 is 11.6 Å². The molecule has 4 heteroatoms. The first-order chi connectivity index (χ1) is 9.97. The Bertz CT molecular complexity index is 499. The number of hydrogen-bond acceptors (Lipinski definition) is 3. The molecule has 0 spiro atoms. The summed E-state index contributed by atoms with van der Waals surface area (Å²) in [4.78, 5) is 16.1. The SMILES string of the molecule is Cc1cc(CNC(C)C)ccc1N1CCCN(C)C(=O)C1. The van der Waals surface area contributed by atoms with Crippen LogP contribution in [0.25, 0.3) is 0 Å². The van der Waals surface area contributed by atoms with Crippen molar-refractivity contribution in [2.75, 3.05) is 31.6 Å². The lowest BCUT2D eigenvalue weighted by Crippen LogP contribution is -2.34. The quantitative estimate of drug-likeness (QED) is 0.922. The number of aryl methyl sites for hydroxylation is 1. The molecule has 21 heavy (non-hydrogen) atoms. The number of amides is 1. The van der Waals surface area contributed by atoms with Crippen molar-refractivity contribution in [3.8, 4) is 0 Å². The summed E-state index contributed by atoms with van der Waals surface area (Å²) >= 11 is 0. The Balaban J connectivity index is 2.11. The van der Waals surface area contributed by atoms with Gasteiger partial charge in [-0.25, -0.2) is 0 Å². The third kappa shape index (κ3) is 4.21. The average molecular weight is 289 g/mol. The van der Waals surface area contributed by atoms with Gasteiger partial charge in [0.25, 0.3) is 0 Å². The van der Waals surface area contributed by atoms with Gasteiger partial charge in [0, 0.05) is 38.4 Å². The molecule has 4 nitrogen and oxygen atoms in total. The van der Waals surface area contributed by atoms with Gasteiger partial charge in [-0.05, 0) is 30.5 Å². The van der Waals surface area contributed by atoms with Gasteiger partial charge in [0.15, 0.2) is 0 Å². The molecule has 1 heterocycles. The van der Waals surface area contributed by atoms with Crippen LogP contribution in [0.4, 0.5) is 5.69 Å². The Morgan fingerprint density at radius 2 is 2.05 bits per heavy atom. The van der Waals surface area contributed by atoms with E-state index in [1.807, 2.05) is 11.9 Å². The molecule has 1 aromatic rings. The Labute approximate surface area is 128 Å². The number of anilines is 1. The first-order valence-corrected chi connectivity index (χ1v) is 7.79. The molecule has 1 amide bonds. The van der Waals surface area contributed by atoms with E-state index in [9.17, 15) is 4.79 Å². The standard InChI is InChI=1S/C17H27N3O/c1-13(2)18-11-15-6-7-16(14(3)10-15)20-9-5-8-19(4)17(21)12-20/h6-7,10,13,18H,5,8-9,11-12H2,1-4H3. The van der Waals surface area contributed by atoms with Gasteiger partial charge in [-0.2, -0.15) is 0 Å². The summed E-state index contributed by atoms with van der Waals surface area (Å²) in [6, 6.07) is 7.04. The first kappa shape index (κ1) is 15.8. The van der Waals surface area contributed by atoms with E-state index in [1.54, 1.807) is 0 Å². The zero-order valence-electron chi connectivity index (χ0n) is 13.6. The Morgan fingerprint density at radius 1 is 1.29 bits per heavy atom. The predicted molar refractivity (Wildman–Crippen MR) is 87.6 cm³/mol. The maximum atomic E-state index is 12.0. The minimum atomic E-state index is 0.206. The predicted octanol–water partition coefficient (Wildman–Crippen LogP) is 2.16. The molecule has 2 rings (SSSR count). The van der Waals surface area contributed by atoms with Gasteiger partial charge >= 0.3 is 0 Å².